The molecule has 76 valence electrons. The van der Waals surface area contributed by atoms with Gasteiger partial charge in [0.15, 0.2) is 0 Å². The van der Waals surface area contributed by atoms with Crippen LogP contribution in [0.25, 0.3) is 0 Å². The van der Waals surface area contributed by atoms with E-state index in [9.17, 15) is 4.79 Å². The van der Waals surface area contributed by atoms with Crippen LogP contribution in [0.15, 0.2) is 0 Å². The number of aliphatic carboxylic acids is 1. The van der Waals surface area contributed by atoms with Crippen molar-refractivity contribution in [3.63, 3.8) is 0 Å². The van der Waals surface area contributed by atoms with E-state index in [1.54, 1.807) is 0 Å². The number of hydrogen-bond donors (Lipinski definition) is 1. The molecular formula is C10H19NO2. The van der Waals surface area contributed by atoms with Gasteiger partial charge in [0.1, 0.15) is 0 Å². The zero-order valence-electron chi connectivity index (χ0n) is 8.55. The second-order valence-electron chi connectivity index (χ2n) is 4.40. The molecule has 0 bridgehead atoms. The van der Waals surface area contributed by atoms with E-state index in [1.807, 2.05) is 0 Å². The van der Waals surface area contributed by atoms with E-state index in [-0.39, 0.29) is 12.0 Å². The molecule has 0 spiro atoms. The Balaban J connectivity index is 2.39. The molecule has 1 saturated heterocycles. The molecular weight excluding hydrogens is 166 g/mol. The fraction of sp³-hybridized carbons (Fsp3) is 0.900. The molecule has 3 heteroatoms. The molecule has 0 aromatic heterocycles. The smallest absolute Gasteiger partial charge is 0.303 e. The molecule has 0 unspecified atom stereocenters. The summed E-state index contributed by atoms with van der Waals surface area (Å²) in [5.74, 6) is -0.688. The highest BCUT2D eigenvalue weighted by molar-refractivity contribution is 5.66. The van der Waals surface area contributed by atoms with Gasteiger partial charge in [-0.15, -0.1) is 0 Å². The predicted octanol–water partition coefficient (Wildman–Crippen LogP) is 1.73. The molecule has 0 saturated carbocycles. The topological polar surface area (TPSA) is 40.5 Å². The van der Waals surface area contributed by atoms with Crippen LogP contribution in [-0.4, -0.2) is 34.6 Å². The predicted molar refractivity (Wildman–Crippen MR) is 51.8 cm³/mol. The van der Waals surface area contributed by atoms with Crippen LogP contribution in [-0.2, 0) is 4.79 Å². The van der Waals surface area contributed by atoms with E-state index >= 15 is 0 Å². The summed E-state index contributed by atoms with van der Waals surface area (Å²) in [6.45, 7) is 6.54. The van der Waals surface area contributed by atoms with Gasteiger partial charge >= 0.3 is 5.97 Å². The molecule has 13 heavy (non-hydrogen) atoms. The van der Waals surface area contributed by atoms with Crippen LogP contribution in [0.5, 0.6) is 0 Å². The Bertz CT molecular complexity index is 183. The van der Waals surface area contributed by atoms with E-state index in [1.165, 1.54) is 12.8 Å². The van der Waals surface area contributed by atoms with Crippen molar-refractivity contribution >= 4 is 5.97 Å². The number of carboxylic acids is 1. The summed E-state index contributed by atoms with van der Waals surface area (Å²) in [6, 6.07) is 0. The molecule has 1 N–H and O–H groups in total. The minimum absolute atomic E-state index is 0.0644. The Morgan fingerprint density at radius 2 is 1.92 bits per heavy atom. The number of carboxylic acid groups (broad SMARTS) is 1. The highest BCUT2D eigenvalue weighted by Crippen LogP contribution is 2.24. The first-order chi connectivity index (χ1) is 6.02. The zero-order valence-corrected chi connectivity index (χ0v) is 8.55. The Hall–Kier alpha value is -0.570. The molecule has 1 fully saturated rings. The summed E-state index contributed by atoms with van der Waals surface area (Å²) >= 11 is 0. The highest BCUT2D eigenvalue weighted by Gasteiger charge is 2.28. The van der Waals surface area contributed by atoms with Crippen LogP contribution < -0.4 is 0 Å². The van der Waals surface area contributed by atoms with Gasteiger partial charge in [-0.25, -0.2) is 0 Å². The van der Waals surface area contributed by atoms with Crippen LogP contribution in [0.1, 0.15) is 39.5 Å². The van der Waals surface area contributed by atoms with Crippen LogP contribution in [0.2, 0.25) is 0 Å². The third-order valence-corrected chi connectivity index (χ3v) is 2.91. The standard InChI is InChI=1S/C10H19NO2/c1-10(2,6-5-9(12)13)11-7-3-4-8-11/h3-8H2,1-2H3,(H,12,13). The fourth-order valence-electron chi connectivity index (χ4n) is 1.89. The van der Waals surface area contributed by atoms with Crippen molar-refractivity contribution in [3.05, 3.63) is 0 Å². The van der Waals surface area contributed by atoms with E-state index in [4.69, 9.17) is 5.11 Å². The number of hydrogen-bond acceptors (Lipinski definition) is 2. The second kappa shape index (κ2) is 4.09. The third-order valence-electron chi connectivity index (χ3n) is 2.91. The molecule has 1 aliphatic rings. The van der Waals surface area contributed by atoms with Gasteiger partial charge < -0.3 is 5.11 Å². The van der Waals surface area contributed by atoms with E-state index in [0.29, 0.717) is 0 Å². The maximum atomic E-state index is 10.4. The van der Waals surface area contributed by atoms with Gasteiger partial charge in [0.2, 0.25) is 0 Å². The van der Waals surface area contributed by atoms with Gasteiger partial charge in [-0.05, 0) is 46.2 Å². The normalized spacial score (nSPS) is 19.2. The molecule has 1 heterocycles. The van der Waals surface area contributed by atoms with Crippen molar-refractivity contribution < 1.29 is 9.90 Å². The lowest BCUT2D eigenvalue weighted by molar-refractivity contribution is -0.137. The molecule has 0 aromatic carbocycles. The van der Waals surface area contributed by atoms with Gasteiger partial charge in [-0.2, -0.15) is 0 Å². The quantitative estimate of drug-likeness (QED) is 0.725. The number of likely N-dealkylation sites (tertiary alicyclic amines) is 1. The van der Waals surface area contributed by atoms with Gasteiger partial charge in [0.25, 0.3) is 0 Å². The van der Waals surface area contributed by atoms with Gasteiger partial charge in [-0.3, -0.25) is 9.69 Å². The molecule has 0 radical (unpaired) electrons. The summed E-state index contributed by atoms with van der Waals surface area (Å²) in [4.78, 5) is 12.8. The van der Waals surface area contributed by atoms with E-state index < -0.39 is 5.97 Å². The Kier molecular flexibility index (Phi) is 3.31. The Morgan fingerprint density at radius 3 is 2.38 bits per heavy atom. The van der Waals surface area contributed by atoms with Gasteiger partial charge in [0.05, 0.1) is 0 Å². The van der Waals surface area contributed by atoms with Gasteiger partial charge in [0, 0.05) is 12.0 Å². The van der Waals surface area contributed by atoms with E-state index in [0.717, 1.165) is 19.5 Å². The number of nitrogens with zero attached hydrogens (tertiary/aromatic N) is 1. The average Bonchev–Trinajstić information content (AvgIpc) is 2.53. The third kappa shape index (κ3) is 2.99. The molecule has 0 amide bonds. The Labute approximate surface area is 79.7 Å². The lowest BCUT2D eigenvalue weighted by atomic mass is 9.96. The summed E-state index contributed by atoms with van der Waals surface area (Å²) in [5, 5.41) is 8.60. The Morgan fingerprint density at radius 1 is 1.38 bits per heavy atom. The first-order valence-corrected chi connectivity index (χ1v) is 4.99. The van der Waals surface area contributed by atoms with Crippen molar-refractivity contribution in [2.75, 3.05) is 13.1 Å². The maximum Gasteiger partial charge on any atom is 0.303 e. The lowest BCUT2D eigenvalue weighted by Gasteiger charge is -2.35. The molecule has 0 atom stereocenters. The molecule has 3 nitrogen and oxygen atoms in total. The SMILES string of the molecule is CC(C)(CCC(=O)O)N1CCCC1. The first-order valence-electron chi connectivity index (χ1n) is 4.99. The van der Waals surface area contributed by atoms with Crippen LogP contribution in [0.4, 0.5) is 0 Å². The summed E-state index contributed by atoms with van der Waals surface area (Å²) in [5.41, 5.74) is 0.0644. The van der Waals surface area contributed by atoms with Crippen molar-refractivity contribution in [1.82, 2.24) is 4.90 Å². The summed E-state index contributed by atoms with van der Waals surface area (Å²) < 4.78 is 0. The van der Waals surface area contributed by atoms with Crippen LogP contribution in [0.3, 0.4) is 0 Å². The zero-order chi connectivity index (χ0) is 9.90. The van der Waals surface area contributed by atoms with E-state index in [2.05, 4.69) is 18.7 Å². The highest BCUT2D eigenvalue weighted by atomic mass is 16.4. The fourth-order valence-corrected chi connectivity index (χ4v) is 1.89. The minimum atomic E-state index is -0.688. The summed E-state index contributed by atoms with van der Waals surface area (Å²) in [6.07, 6.45) is 3.55. The molecule has 1 rings (SSSR count). The first kappa shape index (κ1) is 10.5. The molecule has 1 aliphatic heterocycles. The number of rotatable bonds is 4. The number of carbonyl (C=O) groups is 1. The summed E-state index contributed by atoms with van der Waals surface area (Å²) in [7, 11) is 0. The van der Waals surface area contributed by atoms with Crippen molar-refractivity contribution in [1.29, 1.82) is 0 Å². The minimum Gasteiger partial charge on any atom is -0.481 e. The molecule has 0 aromatic rings. The van der Waals surface area contributed by atoms with Crippen LogP contribution in [0, 0.1) is 0 Å². The maximum absolute atomic E-state index is 10.4. The van der Waals surface area contributed by atoms with Crippen molar-refractivity contribution in [2.45, 2.75) is 45.1 Å². The van der Waals surface area contributed by atoms with Crippen molar-refractivity contribution in [3.8, 4) is 0 Å². The molecule has 0 aliphatic carbocycles. The van der Waals surface area contributed by atoms with Crippen molar-refractivity contribution in [2.24, 2.45) is 0 Å². The average molecular weight is 185 g/mol. The monoisotopic (exact) mass is 185 g/mol. The second-order valence-corrected chi connectivity index (χ2v) is 4.40. The largest absolute Gasteiger partial charge is 0.481 e. The van der Waals surface area contributed by atoms with Gasteiger partial charge in [-0.1, -0.05) is 0 Å². The lowest BCUT2D eigenvalue weighted by Crippen LogP contribution is -2.42. The van der Waals surface area contributed by atoms with Crippen LogP contribution >= 0.6 is 0 Å².